The quantitative estimate of drug-likeness (QED) is 0.0507. The molecule has 0 aromatic rings. The van der Waals surface area contributed by atoms with Crippen LogP contribution in [0.2, 0.25) is 0 Å². The second-order valence-electron chi connectivity index (χ2n) is 14.3. The zero-order valence-electron chi connectivity index (χ0n) is 32.8. The highest BCUT2D eigenvalue weighted by Gasteiger charge is 2.58. The van der Waals surface area contributed by atoms with E-state index in [2.05, 4.69) is 17.2 Å². The van der Waals surface area contributed by atoms with E-state index in [1.165, 1.54) is 6.92 Å². The summed E-state index contributed by atoms with van der Waals surface area (Å²) < 4.78 is 55.0. The number of carboxylic acid groups (broad SMARTS) is 2. The van der Waals surface area contributed by atoms with Crippen molar-refractivity contribution in [2.75, 3.05) is 27.4 Å². The maximum atomic E-state index is 12.7. The second-order valence-corrected chi connectivity index (χ2v) is 14.3. The molecule has 0 aromatic carbocycles. The molecule has 0 radical (unpaired) electrons. The monoisotopic (exact) mass is 872 g/mol. The van der Waals surface area contributed by atoms with Gasteiger partial charge in [-0.25, -0.2) is 14.4 Å². The lowest BCUT2D eigenvalue weighted by Crippen LogP contribution is -2.70. The number of methoxy groups -OCH3 is 2. The van der Waals surface area contributed by atoms with Gasteiger partial charge >= 0.3 is 17.9 Å². The molecule has 0 saturated carbocycles. The Hall–Kier alpha value is -3.55. The lowest BCUT2D eigenvalue weighted by Gasteiger charge is -2.50. The SMILES string of the molecule is C=C(C)C(=O)OCC1OC(OC2C(C(=O)O)OC(OC3C(O)C(CO)OC(OC4C(C(=O)O)OC(OC)C(O)C4O)C3NC(C)=O)C(O)C2O)C(NC(C)=O)C(OC)C1O. The Morgan fingerprint density at radius 3 is 1.43 bits per heavy atom. The molecule has 4 saturated heterocycles. The van der Waals surface area contributed by atoms with Crippen LogP contribution in [0.1, 0.15) is 20.8 Å². The fourth-order valence-corrected chi connectivity index (χ4v) is 7.00. The van der Waals surface area contributed by atoms with Crippen LogP contribution < -0.4 is 10.6 Å². The molecule has 20 atom stereocenters. The topological polar surface area (TPSA) is 384 Å². The average Bonchev–Trinajstić information content (AvgIpc) is 3.18. The van der Waals surface area contributed by atoms with Crippen molar-refractivity contribution in [3.63, 3.8) is 0 Å². The van der Waals surface area contributed by atoms with Crippen LogP contribution in [-0.4, -0.2) is 226 Å². The van der Waals surface area contributed by atoms with Crippen molar-refractivity contribution in [1.29, 1.82) is 0 Å². The molecule has 0 aromatic heterocycles. The zero-order chi connectivity index (χ0) is 44.9. The van der Waals surface area contributed by atoms with Crippen LogP contribution in [0.3, 0.4) is 0 Å². The first kappa shape index (κ1) is 49.1. The average molecular weight is 873 g/mol. The minimum Gasteiger partial charge on any atom is -0.479 e. The fourth-order valence-electron chi connectivity index (χ4n) is 7.00. The van der Waals surface area contributed by atoms with Gasteiger partial charge in [0.25, 0.3) is 0 Å². The zero-order valence-corrected chi connectivity index (χ0v) is 32.8. The van der Waals surface area contributed by atoms with Crippen LogP contribution in [0.15, 0.2) is 12.2 Å². The lowest BCUT2D eigenvalue weighted by atomic mass is 9.94. The van der Waals surface area contributed by atoms with Crippen molar-refractivity contribution < 1.29 is 117 Å². The number of hydrogen-bond acceptors (Lipinski definition) is 22. The van der Waals surface area contributed by atoms with Gasteiger partial charge < -0.3 is 104 Å². The normalized spacial score (nSPS) is 42.1. The molecule has 4 fully saturated rings. The molecule has 0 aliphatic carbocycles. The number of hydrogen-bond donors (Lipinski definition) is 11. The molecule has 0 spiro atoms. The molecular formula is C34H52N2O24. The first-order valence-corrected chi connectivity index (χ1v) is 18.3. The van der Waals surface area contributed by atoms with Gasteiger partial charge in [0.1, 0.15) is 91.9 Å². The number of aliphatic hydroxyl groups excluding tert-OH is 7. The Bertz CT molecular complexity index is 1540. The van der Waals surface area contributed by atoms with E-state index in [-0.39, 0.29) is 5.57 Å². The van der Waals surface area contributed by atoms with E-state index in [4.69, 9.17) is 47.4 Å². The Kier molecular flexibility index (Phi) is 17.2. The molecule has 60 heavy (non-hydrogen) atoms. The summed E-state index contributed by atoms with van der Waals surface area (Å²) in [5.74, 6) is -5.95. The molecule has 0 bridgehead atoms. The van der Waals surface area contributed by atoms with E-state index in [1.807, 2.05) is 0 Å². The van der Waals surface area contributed by atoms with Gasteiger partial charge in [-0.05, 0) is 6.92 Å². The molecule has 4 rings (SSSR count). The first-order valence-electron chi connectivity index (χ1n) is 18.3. The van der Waals surface area contributed by atoms with Gasteiger partial charge in [0, 0.05) is 33.6 Å². The van der Waals surface area contributed by atoms with Crippen LogP contribution in [0, 0.1) is 0 Å². The van der Waals surface area contributed by atoms with Gasteiger partial charge in [0.05, 0.1) is 6.61 Å². The van der Waals surface area contributed by atoms with E-state index in [9.17, 15) is 69.9 Å². The van der Waals surface area contributed by atoms with Crippen molar-refractivity contribution in [2.24, 2.45) is 0 Å². The Labute approximate surface area is 340 Å². The van der Waals surface area contributed by atoms with Crippen LogP contribution in [0.25, 0.3) is 0 Å². The second kappa shape index (κ2) is 21.0. The predicted octanol–water partition coefficient (Wildman–Crippen LogP) is -6.84. The van der Waals surface area contributed by atoms with Gasteiger partial charge in [0.15, 0.2) is 37.4 Å². The minimum atomic E-state index is -2.28. The highest BCUT2D eigenvalue weighted by molar-refractivity contribution is 5.86. The van der Waals surface area contributed by atoms with Crippen LogP contribution >= 0.6 is 0 Å². The highest BCUT2D eigenvalue weighted by Crippen LogP contribution is 2.35. The summed E-state index contributed by atoms with van der Waals surface area (Å²) in [7, 11) is 2.21. The Balaban J connectivity index is 1.64. The molecule has 4 aliphatic heterocycles. The number of aliphatic hydroxyl groups is 7. The maximum absolute atomic E-state index is 12.7. The molecule has 4 aliphatic rings. The summed E-state index contributed by atoms with van der Waals surface area (Å²) in [4.78, 5) is 61.6. The first-order chi connectivity index (χ1) is 28.2. The lowest BCUT2D eigenvalue weighted by molar-refractivity contribution is -0.369. The van der Waals surface area contributed by atoms with Crippen molar-refractivity contribution in [3.8, 4) is 0 Å². The standard InChI is InChI=1S/C34H52N2O24/c1-9(2)30(50)53-8-13-17(41)22(51-5)14(35-10(3)38)31(55-13)57-25-19(43)21(45)34(60-27(25)29(48)49)56-23-15(36-11(4)39)32(54-12(7-37)16(23)40)58-24-18(42)20(44)33(52-6)59-26(24)28(46)47/h12-27,31-34,37,40-45H,1,7-8H2,2-6H3,(H,35,38)(H,36,39)(H,46,47)(H,48,49). The van der Waals surface area contributed by atoms with Gasteiger partial charge in [-0.15, -0.1) is 0 Å². The molecule has 342 valence electrons. The van der Waals surface area contributed by atoms with E-state index < -0.39 is 166 Å². The van der Waals surface area contributed by atoms with Crippen molar-refractivity contribution in [3.05, 3.63) is 12.2 Å². The third kappa shape index (κ3) is 10.9. The van der Waals surface area contributed by atoms with Gasteiger partial charge in [-0.3, -0.25) is 9.59 Å². The van der Waals surface area contributed by atoms with Crippen LogP contribution in [-0.2, 0) is 71.3 Å². The molecule has 26 heteroatoms. The highest BCUT2D eigenvalue weighted by atomic mass is 16.8. The summed E-state index contributed by atoms with van der Waals surface area (Å²) in [5, 5.41) is 101. The van der Waals surface area contributed by atoms with E-state index in [0.717, 1.165) is 28.1 Å². The van der Waals surface area contributed by atoms with Crippen LogP contribution in [0.5, 0.6) is 0 Å². The van der Waals surface area contributed by atoms with E-state index in [1.54, 1.807) is 0 Å². The number of carbonyl (C=O) groups is 5. The van der Waals surface area contributed by atoms with Crippen LogP contribution in [0.4, 0.5) is 0 Å². The summed E-state index contributed by atoms with van der Waals surface area (Å²) in [6.45, 7) is 5.27. The molecule has 20 unspecified atom stereocenters. The number of carbonyl (C=O) groups excluding carboxylic acids is 3. The number of amides is 2. The molecule has 11 N–H and O–H groups in total. The summed E-state index contributed by atoms with van der Waals surface area (Å²) in [6, 6.07) is -3.20. The largest absolute Gasteiger partial charge is 0.479 e. The Morgan fingerprint density at radius 2 is 1.00 bits per heavy atom. The van der Waals surface area contributed by atoms with E-state index >= 15 is 0 Å². The van der Waals surface area contributed by atoms with Gasteiger partial charge in [-0.2, -0.15) is 0 Å². The number of rotatable bonds is 16. The van der Waals surface area contributed by atoms with Gasteiger partial charge in [-0.1, -0.05) is 6.58 Å². The molecular weight excluding hydrogens is 820 g/mol. The van der Waals surface area contributed by atoms with Gasteiger partial charge in [0.2, 0.25) is 11.8 Å². The summed E-state index contributed by atoms with van der Waals surface area (Å²) >= 11 is 0. The minimum absolute atomic E-state index is 0.00145. The number of ether oxygens (including phenoxy) is 10. The maximum Gasteiger partial charge on any atom is 0.335 e. The number of aliphatic carboxylic acids is 2. The smallest absolute Gasteiger partial charge is 0.335 e. The molecule has 4 heterocycles. The van der Waals surface area contributed by atoms with E-state index in [0.29, 0.717) is 0 Å². The van der Waals surface area contributed by atoms with Crippen molar-refractivity contribution >= 4 is 29.7 Å². The third-order valence-corrected chi connectivity index (χ3v) is 9.95. The Morgan fingerprint density at radius 1 is 0.567 bits per heavy atom. The number of esters is 1. The van der Waals surface area contributed by atoms with Crippen molar-refractivity contribution in [2.45, 2.75) is 143 Å². The molecule has 26 nitrogen and oxygen atoms in total. The van der Waals surface area contributed by atoms with Crippen molar-refractivity contribution in [1.82, 2.24) is 10.6 Å². The number of carboxylic acids is 2. The fraction of sp³-hybridized carbons (Fsp3) is 0.794. The molecule has 2 amide bonds. The number of nitrogens with one attached hydrogen (secondary N) is 2. The third-order valence-electron chi connectivity index (χ3n) is 9.95. The summed E-state index contributed by atoms with van der Waals surface area (Å²) in [6.07, 6.45) is -34.5. The summed E-state index contributed by atoms with van der Waals surface area (Å²) in [5.41, 5.74) is 0.00145. The predicted molar refractivity (Wildman–Crippen MR) is 186 cm³/mol.